The van der Waals surface area contributed by atoms with Crippen molar-refractivity contribution in [3.8, 4) is 0 Å². The molecule has 1 amide bonds. The van der Waals surface area contributed by atoms with Crippen LogP contribution in [0.15, 0.2) is 11.4 Å². The average molecular weight is 415 g/mol. The number of hydrogen-bond acceptors (Lipinski definition) is 3. The highest BCUT2D eigenvalue weighted by molar-refractivity contribution is 7.10. The van der Waals surface area contributed by atoms with Crippen molar-refractivity contribution in [1.82, 2.24) is 9.80 Å². The molecule has 1 aromatic rings. The molecule has 1 saturated carbocycles. The number of fused-ring (bicyclic) bond motifs is 1. The highest BCUT2D eigenvalue weighted by atomic mass is 32.1. The van der Waals surface area contributed by atoms with Crippen LogP contribution >= 0.6 is 11.3 Å². The molecule has 3 heterocycles. The lowest BCUT2D eigenvalue weighted by molar-refractivity contribution is -0.147. The van der Waals surface area contributed by atoms with E-state index in [4.69, 9.17) is 0 Å². The van der Waals surface area contributed by atoms with Crippen LogP contribution in [0.1, 0.15) is 72.5 Å². The molecule has 1 aliphatic carbocycles. The van der Waals surface area contributed by atoms with Crippen LogP contribution in [0, 0.1) is 5.92 Å². The van der Waals surface area contributed by atoms with Crippen LogP contribution in [0.3, 0.4) is 0 Å². The summed E-state index contributed by atoms with van der Waals surface area (Å²) in [4.78, 5) is 17.9. The fraction of sp³-hybridized carbons (Fsp3) is 0.762. The van der Waals surface area contributed by atoms with Crippen molar-refractivity contribution in [2.24, 2.45) is 5.92 Å². The second-order valence-electron chi connectivity index (χ2n) is 8.66. The zero-order chi connectivity index (χ0) is 19.7. The molecule has 156 valence electrons. The molecular formula is C21H29F3N2OS. The number of amides is 1. The molecule has 7 heteroatoms. The quantitative estimate of drug-likeness (QED) is 0.671. The van der Waals surface area contributed by atoms with Gasteiger partial charge in [0.2, 0.25) is 0 Å². The zero-order valence-electron chi connectivity index (χ0n) is 16.2. The van der Waals surface area contributed by atoms with Gasteiger partial charge in [-0.2, -0.15) is 13.2 Å². The van der Waals surface area contributed by atoms with E-state index in [-0.39, 0.29) is 11.8 Å². The molecule has 0 bridgehead atoms. The SMILES string of the molecule is O=C(c1csc(C2CCN(CC(F)(F)F)CC2)c1)N1CCCC2CCCCC21. The number of carbonyl (C=O) groups excluding carboxylic acids is 1. The van der Waals surface area contributed by atoms with Crippen LogP contribution in [0.4, 0.5) is 13.2 Å². The number of nitrogens with zero attached hydrogens (tertiary/aromatic N) is 2. The number of hydrogen-bond donors (Lipinski definition) is 0. The number of likely N-dealkylation sites (tertiary alicyclic amines) is 2. The maximum atomic E-state index is 13.2. The Hall–Kier alpha value is -1.08. The molecule has 0 aromatic carbocycles. The van der Waals surface area contributed by atoms with Gasteiger partial charge in [0.05, 0.1) is 12.1 Å². The first kappa shape index (κ1) is 20.2. The number of rotatable bonds is 3. The molecule has 2 atom stereocenters. The van der Waals surface area contributed by atoms with Crippen LogP contribution in [0.25, 0.3) is 0 Å². The Morgan fingerprint density at radius 2 is 1.75 bits per heavy atom. The summed E-state index contributed by atoms with van der Waals surface area (Å²) in [6.45, 7) is 0.995. The molecule has 2 saturated heterocycles. The summed E-state index contributed by atoms with van der Waals surface area (Å²) >= 11 is 1.60. The Labute approximate surface area is 168 Å². The van der Waals surface area contributed by atoms with E-state index in [1.54, 1.807) is 11.3 Å². The van der Waals surface area contributed by atoms with E-state index >= 15 is 0 Å². The third-order valence-electron chi connectivity index (χ3n) is 6.76. The van der Waals surface area contributed by atoms with Gasteiger partial charge in [-0.3, -0.25) is 9.69 Å². The Bertz CT molecular complexity index is 679. The lowest BCUT2D eigenvalue weighted by Gasteiger charge is -2.44. The summed E-state index contributed by atoms with van der Waals surface area (Å²) in [6.07, 6.45) is 4.58. The number of alkyl halides is 3. The largest absolute Gasteiger partial charge is 0.401 e. The van der Waals surface area contributed by atoms with Crippen LogP contribution in [-0.4, -0.2) is 54.1 Å². The molecule has 28 heavy (non-hydrogen) atoms. The van der Waals surface area contributed by atoms with E-state index in [2.05, 4.69) is 4.90 Å². The van der Waals surface area contributed by atoms with Gasteiger partial charge in [0.15, 0.2) is 0 Å². The Balaban J connectivity index is 1.37. The standard InChI is InChI=1S/C21H29F3N2OS/c22-21(23,24)14-25-10-7-16(8-11-25)19-12-17(13-28-19)20(27)26-9-3-5-15-4-1-2-6-18(15)26/h12-13,15-16,18H,1-11,14H2. The highest BCUT2D eigenvalue weighted by Gasteiger charge is 2.37. The average Bonchev–Trinajstić information content (AvgIpc) is 3.16. The molecule has 2 unspecified atom stereocenters. The molecule has 3 aliphatic rings. The summed E-state index contributed by atoms with van der Waals surface area (Å²) in [6, 6.07) is 2.42. The van der Waals surface area contributed by atoms with Gasteiger partial charge in [-0.1, -0.05) is 12.8 Å². The molecule has 0 spiro atoms. The van der Waals surface area contributed by atoms with Crippen molar-refractivity contribution < 1.29 is 18.0 Å². The topological polar surface area (TPSA) is 23.6 Å². The molecule has 0 radical (unpaired) electrons. The molecular weight excluding hydrogens is 385 g/mol. The van der Waals surface area contributed by atoms with Gasteiger partial charge in [-0.25, -0.2) is 0 Å². The van der Waals surface area contributed by atoms with Crippen molar-refractivity contribution in [2.75, 3.05) is 26.2 Å². The second kappa shape index (κ2) is 8.34. The third-order valence-corrected chi connectivity index (χ3v) is 7.86. The monoisotopic (exact) mass is 414 g/mol. The van der Waals surface area contributed by atoms with Crippen molar-refractivity contribution in [3.05, 3.63) is 21.9 Å². The van der Waals surface area contributed by atoms with Gasteiger partial charge in [0.1, 0.15) is 0 Å². The minimum atomic E-state index is -4.12. The number of carbonyl (C=O) groups is 1. The van der Waals surface area contributed by atoms with E-state index in [0.717, 1.165) is 42.7 Å². The van der Waals surface area contributed by atoms with Crippen LogP contribution < -0.4 is 0 Å². The minimum absolute atomic E-state index is 0.161. The minimum Gasteiger partial charge on any atom is -0.335 e. The second-order valence-corrected chi connectivity index (χ2v) is 9.60. The van der Waals surface area contributed by atoms with Crippen molar-refractivity contribution in [2.45, 2.75) is 69.5 Å². The number of halogens is 3. The lowest BCUT2D eigenvalue weighted by Crippen LogP contribution is -2.49. The smallest absolute Gasteiger partial charge is 0.335 e. The fourth-order valence-electron chi connectivity index (χ4n) is 5.35. The van der Waals surface area contributed by atoms with Crippen LogP contribution in [0.5, 0.6) is 0 Å². The third kappa shape index (κ3) is 4.56. The van der Waals surface area contributed by atoms with Crippen molar-refractivity contribution in [1.29, 1.82) is 0 Å². The summed E-state index contributed by atoms with van der Waals surface area (Å²) in [7, 11) is 0. The lowest BCUT2D eigenvalue weighted by atomic mass is 9.78. The number of piperidine rings is 2. The molecule has 1 aromatic heterocycles. The van der Waals surface area contributed by atoms with Gasteiger partial charge in [-0.15, -0.1) is 11.3 Å². The van der Waals surface area contributed by atoms with Crippen LogP contribution in [0.2, 0.25) is 0 Å². The Kier molecular flexibility index (Phi) is 6.02. The predicted molar refractivity (Wildman–Crippen MR) is 105 cm³/mol. The Morgan fingerprint density at radius 1 is 1.04 bits per heavy atom. The zero-order valence-corrected chi connectivity index (χ0v) is 17.0. The Morgan fingerprint density at radius 3 is 2.50 bits per heavy atom. The van der Waals surface area contributed by atoms with E-state index in [1.807, 2.05) is 11.4 Å². The van der Waals surface area contributed by atoms with E-state index in [0.29, 0.717) is 25.0 Å². The van der Waals surface area contributed by atoms with Gasteiger partial charge in [-0.05, 0) is 69.5 Å². The van der Waals surface area contributed by atoms with Gasteiger partial charge in [0.25, 0.3) is 5.91 Å². The predicted octanol–water partition coefficient (Wildman–Crippen LogP) is 5.28. The van der Waals surface area contributed by atoms with E-state index in [9.17, 15) is 18.0 Å². The normalized spacial score (nSPS) is 27.6. The first-order chi connectivity index (χ1) is 13.4. The summed E-state index contributed by atoms with van der Waals surface area (Å²) in [5.41, 5.74) is 0.781. The molecule has 2 aliphatic heterocycles. The maximum absolute atomic E-state index is 13.2. The van der Waals surface area contributed by atoms with Crippen molar-refractivity contribution in [3.63, 3.8) is 0 Å². The maximum Gasteiger partial charge on any atom is 0.401 e. The summed E-state index contributed by atoms with van der Waals surface area (Å²) in [5, 5.41) is 1.96. The first-order valence-electron chi connectivity index (χ1n) is 10.6. The van der Waals surface area contributed by atoms with Crippen LogP contribution in [-0.2, 0) is 0 Å². The molecule has 0 N–H and O–H groups in total. The summed E-state index contributed by atoms with van der Waals surface area (Å²) < 4.78 is 37.7. The molecule has 3 fully saturated rings. The number of thiophene rings is 1. The highest BCUT2D eigenvalue weighted by Crippen LogP contribution is 2.37. The van der Waals surface area contributed by atoms with E-state index < -0.39 is 12.7 Å². The van der Waals surface area contributed by atoms with Gasteiger partial charge in [0, 0.05) is 22.8 Å². The molecule has 3 nitrogen and oxygen atoms in total. The first-order valence-corrected chi connectivity index (χ1v) is 11.5. The van der Waals surface area contributed by atoms with E-state index in [1.165, 1.54) is 30.6 Å². The van der Waals surface area contributed by atoms with Gasteiger partial charge >= 0.3 is 6.18 Å². The molecule has 4 rings (SSSR count). The summed E-state index contributed by atoms with van der Waals surface area (Å²) in [5.74, 6) is 1.11. The fourth-order valence-corrected chi connectivity index (χ4v) is 6.41. The van der Waals surface area contributed by atoms with Gasteiger partial charge < -0.3 is 4.90 Å². The van der Waals surface area contributed by atoms with Crippen molar-refractivity contribution >= 4 is 17.2 Å².